The van der Waals surface area contributed by atoms with Crippen LogP contribution in [0.2, 0.25) is 0 Å². The summed E-state index contributed by atoms with van der Waals surface area (Å²) in [6.07, 6.45) is 5.89. The number of pyridine rings is 2. The topological polar surface area (TPSA) is 104 Å². The highest BCUT2D eigenvalue weighted by molar-refractivity contribution is 7.89. The maximum atomic E-state index is 14.1. The summed E-state index contributed by atoms with van der Waals surface area (Å²) in [6.45, 7) is 0. The summed E-state index contributed by atoms with van der Waals surface area (Å²) in [4.78, 5) is 7.78. The lowest BCUT2D eigenvalue weighted by Gasteiger charge is -2.14. The molecule has 0 aliphatic heterocycles. The molecule has 0 aliphatic rings. The number of halogens is 1. The minimum Gasteiger partial charge on any atom is -0.298 e. The van der Waals surface area contributed by atoms with Gasteiger partial charge < -0.3 is 0 Å². The van der Waals surface area contributed by atoms with Gasteiger partial charge >= 0.3 is 0 Å². The first-order valence-electron chi connectivity index (χ1n) is 9.02. The molecule has 31 heavy (non-hydrogen) atoms. The lowest BCUT2D eigenvalue weighted by molar-refractivity contribution is 0.490. The van der Waals surface area contributed by atoms with E-state index in [0.717, 1.165) is 4.41 Å². The molecule has 0 fully saturated rings. The van der Waals surface area contributed by atoms with Crippen molar-refractivity contribution in [1.82, 2.24) is 18.8 Å². The summed E-state index contributed by atoms with van der Waals surface area (Å²) in [7, 11) is -2.74. The van der Waals surface area contributed by atoms with Crippen molar-refractivity contribution in [3.8, 4) is 17.2 Å². The van der Waals surface area contributed by atoms with E-state index in [2.05, 4.69) is 15.1 Å². The number of hydrazone groups is 1. The van der Waals surface area contributed by atoms with Crippen LogP contribution in [0.15, 0.2) is 77.1 Å². The van der Waals surface area contributed by atoms with E-state index in [9.17, 15) is 18.1 Å². The first-order valence-corrected chi connectivity index (χ1v) is 10.5. The summed E-state index contributed by atoms with van der Waals surface area (Å²) in [5.74, 6) is -0.598. The largest absolute Gasteiger partial charge is 0.298 e. The van der Waals surface area contributed by atoms with E-state index in [1.54, 1.807) is 40.9 Å². The Bertz CT molecular complexity index is 1460. The molecule has 0 unspecified atom stereocenters. The van der Waals surface area contributed by atoms with E-state index in [1.165, 1.54) is 43.9 Å². The highest BCUT2D eigenvalue weighted by Gasteiger charge is 2.22. The van der Waals surface area contributed by atoms with Gasteiger partial charge in [0.15, 0.2) is 0 Å². The first kappa shape index (κ1) is 20.2. The van der Waals surface area contributed by atoms with E-state index in [1.807, 2.05) is 6.07 Å². The average Bonchev–Trinajstić information content (AvgIpc) is 3.19. The molecule has 154 valence electrons. The third kappa shape index (κ3) is 3.74. The number of benzene rings is 1. The van der Waals surface area contributed by atoms with Crippen molar-refractivity contribution in [3.63, 3.8) is 0 Å². The van der Waals surface area contributed by atoms with Gasteiger partial charge in [-0.25, -0.2) is 9.97 Å². The number of hydrogen-bond acceptors (Lipinski definition) is 6. The lowest BCUT2D eigenvalue weighted by Crippen LogP contribution is -2.22. The number of rotatable bonds is 5. The quantitative estimate of drug-likeness (QED) is 0.273. The Morgan fingerprint density at radius 1 is 1.16 bits per heavy atom. The van der Waals surface area contributed by atoms with Crippen molar-refractivity contribution in [2.45, 2.75) is 4.90 Å². The molecule has 0 aliphatic carbocycles. The third-order valence-electron chi connectivity index (χ3n) is 4.59. The number of sulfonamides is 1. The maximum absolute atomic E-state index is 14.1. The number of aromatic nitrogens is 3. The summed E-state index contributed by atoms with van der Waals surface area (Å²) in [6, 6.07) is 14.4. The van der Waals surface area contributed by atoms with Crippen LogP contribution in [0.4, 0.5) is 4.39 Å². The van der Waals surface area contributed by atoms with Crippen molar-refractivity contribution in [2.24, 2.45) is 5.10 Å². The minimum atomic E-state index is -4.02. The Morgan fingerprint density at radius 2 is 1.97 bits per heavy atom. The first-order chi connectivity index (χ1) is 14.9. The van der Waals surface area contributed by atoms with E-state index >= 15 is 0 Å². The molecule has 0 bridgehead atoms. The van der Waals surface area contributed by atoms with Crippen LogP contribution in [-0.4, -0.2) is 40.5 Å². The molecule has 0 saturated heterocycles. The Kier molecular flexibility index (Phi) is 5.19. The maximum Gasteiger partial charge on any atom is 0.280 e. The lowest BCUT2D eigenvalue weighted by atomic mass is 10.1. The summed E-state index contributed by atoms with van der Waals surface area (Å²) in [5, 5.41) is 13.2. The molecular formula is C21H15FN6O2S. The molecule has 0 spiro atoms. The van der Waals surface area contributed by atoms with Gasteiger partial charge in [-0.3, -0.25) is 4.40 Å². The number of fused-ring (bicyclic) bond motifs is 1. The molecule has 0 saturated carbocycles. The summed E-state index contributed by atoms with van der Waals surface area (Å²) in [5.41, 5.74) is 2.00. The Morgan fingerprint density at radius 3 is 2.74 bits per heavy atom. The highest BCUT2D eigenvalue weighted by Crippen LogP contribution is 2.22. The van der Waals surface area contributed by atoms with Crippen molar-refractivity contribution in [2.75, 3.05) is 7.05 Å². The Hall–Kier alpha value is -4.10. The van der Waals surface area contributed by atoms with Crippen LogP contribution in [0.25, 0.3) is 16.8 Å². The minimum absolute atomic E-state index is 0.0301. The molecular weight excluding hydrogens is 419 g/mol. The van der Waals surface area contributed by atoms with Gasteiger partial charge in [0.2, 0.25) is 5.95 Å². The number of nitriles is 1. The molecule has 4 aromatic rings. The zero-order chi connectivity index (χ0) is 22.0. The van der Waals surface area contributed by atoms with Gasteiger partial charge in [0.05, 0.1) is 23.7 Å². The summed E-state index contributed by atoms with van der Waals surface area (Å²) >= 11 is 0. The molecule has 0 radical (unpaired) electrons. The van der Waals surface area contributed by atoms with Crippen LogP contribution < -0.4 is 0 Å². The molecule has 1 aromatic carbocycles. The van der Waals surface area contributed by atoms with Crippen molar-refractivity contribution in [1.29, 1.82) is 5.26 Å². The molecule has 0 N–H and O–H groups in total. The fourth-order valence-corrected chi connectivity index (χ4v) is 4.08. The van der Waals surface area contributed by atoms with Crippen LogP contribution in [0.3, 0.4) is 0 Å². The molecule has 3 heterocycles. The van der Waals surface area contributed by atoms with E-state index < -0.39 is 16.0 Å². The predicted octanol–water partition coefficient (Wildman–Crippen LogP) is 3.06. The number of imidazole rings is 1. The molecule has 0 atom stereocenters. The van der Waals surface area contributed by atoms with E-state index in [-0.39, 0.29) is 10.5 Å². The standard InChI is InChI=1S/C21H15FN6O2S/c1-27(31(29,30)19-7-3-2-5-15(19)11-23)26-13-17-12-25-20-9-8-16(14-28(17)20)18-6-4-10-24-21(18)22/h2-10,12-14H,1H3/b26-13+. The fraction of sp³-hybridized carbons (Fsp3) is 0.0476. The molecule has 10 heteroatoms. The SMILES string of the molecule is CN(/N=C/c1cnc2ccc(-c3cccnc3F)cn12)S(=O)(=O)c1ccccc1C#N. The van der Waals surface area contributed by atoms with Crippen LogP contribution in [-0.2, 0) is 10.0 Å². The van der Waals surface area contributed by atoms with Crippen LogP contribution >= 0.6 is 0 Å². The van der Waals surface area contributed by atoms with Crippen LogP contribution in [0, 0.1) is 17.3 Å². The van der Waals surface area contributed by atoms with Crippen molar-refractivity contribution >= 4 is 21.9 Å². The van der Waals surface area contributed by atoms with Gasteiger partial charge in [-0.2, -0.15) is 27.6 Å². The number of nitrogens with zero attached hydrogens (tertiary/aromatic N) is 6. The second-order valence-electron chi connectivity index (χ2n) is 6.46. The van der Waals surface area contributed by atoms with Gasteiger partial charge in [-0.1, -0.05) is 12.1 Å². The van der Waals surface area contributed by atoms with Crippen LogP contribution in [0.5, 0.6) is 0 Å². The summed E-state index contributed by atoms with van der Waals surface area (Å²) < 4.78 is 42.1. The van der Waals surface area contributed by atoms with Gasteiger partial charge in [0.25, 0.3) is 10.0 Å². The molecule has 4 rings (SSSR count). The predicted molar refractivity (Wildman–Crippen MR) is 112 cm³/mol. The Balaban J connectivity index is 1.69. The second kappa shape index (κ2) is 7.97. The monoisotopic (exact) mass is 434 g/mol. The van der Waals surface area contributed by atoms with Gasteiger partial charge in [-0.05, 0) is 36.4 Å². The fourth-order valence-electron chi connectivity index (χ4n) is 2.98. The Labute approximate surface area is 177 Å². The van der Waals surface area contributed by atoms with Gasteiger partial charge in [-0.15, -0.1) is 0 Å². The van der Waals surface area contributed by atoms with Crippen molar-refractivity contribution in [3.05, 3.63) is 84.3 Å². The van der Waals surface area contributed by atoms with Crippen molar-refractivity contribution < 1.29 is 12.8 Å². The average molecular weight is 434 g/mol. The third-order valence-corrected chi connectivity index (χ3v) is 6.29. The normalized spacial score (nSPS) is 11.6. The van der Waals surface area contributed by atoms with Crippen LogP contribution in [0.1, 0.15) is 11.3 Å². The molecule has 8 nitrogen and oxygen atoms in total. The second-order valence-corrected chi connectivity index (χ2v) is 8.38. The zero-order valence-electron chi connectivity index (χ0n) is 16.2. The zero-order valence-corrected chi connectivity index (χ0v) is 17.0. The smallest absolute Gasteiger partial charge is 0.280 e. The van der Waals surface area contributed by atoms with E-state index in [4.69, 9.17) is 0 Å². The molecule has 0 amide bonds. The van der Waals surface area contributed by atoms with Gasteiger partial charge in [0, 0.05) is 30.6 Å². The highest BCUT2D eigenvalue weighted by atomic mass is 32.2. The van der Waals surface area contributed by atoms with Gasteiger partial charge in [0.1, 0.15) is 16.6 Å². The van der Waals surface area contributed by atoms with E-state index in [0.29, 0.717) is 22.5 Å². The molecule has 3 aromatic heterocycles. The number of hydrogen-bond donors (Lipinski definition) is 0.